The van der Waals surface area contributed by atoms with Crippen molar-refractivity contribution in [3.8, 4) is 0 Å². The van der Waals surface area contributed by atoms with Gasteiger partial charge in [0.25, 0.3) is 0 Å². The van der Waals surface area contributed by atoms with Gasteiger partial charge >= 0.3 is 6.03 Å². The van der Waals surface area contributed by atoms with Crippen LogP contribution >= 0.6 is 11.3 Å². The number of anilines is 1. The minimum absolute atomic E-state index is 0.189. The van der Waals surface area contributed by atoms with Crippen LogP contribution in [0.3, 0.4) is 0 Å². The number of aliphatic hydroxyl groups is 1. The van der Waals surface area contributed by atoms with Crippen LogP contribution in [0.25, 0.3) is 0 Å². The van der Waals surface area contributed by atoms with E-state index in [0.717, 1.165) is 24.3 Å². The molecule has 0 aliphatic heterocycles. The number of thiophene rings is 1. The summed E-state index contributed by atoms with van der Waals surface area (Å²) in [5.74, 6) is 0.214. The number of carbonyl (C=O) groups is 1. The minimum Gasteiger partial charge on any atom is -0.393 e. The largest absolute Gasteiger partial charge is 0.393 e. The number of hydrogen-bond donors (Lipinski definition) is 3. The Kier molecular flexibility index (Phi) is 4.02. The smallest absolute Gasteiger partial charge is 0.319 e. The van der Waals surface area contributed by atoms with Crippen LogP contribution in [0, 0.1) is 12.8 Å². The highest BCUT2D eigenvalue weighted by molar-refractivity contribution is 7.16. The summed E-state index contributed by atoms with van der Waals surface area (Å²) in [7, 11) is 0. The van der Waals surface area contributed by atoms with E-state index in [1.807, 2.05) is 19.1 Å². The third-order valence-electron chi connectivity index (χ3n) is 3.12. The Bertz CT molecular complexity index is 392. The fourth-order valence-electron chi connectivity index (χ4n) is 2.14. The van der Waals surface area contributed by atoms with Gasteiger partial charge < -0.3 is 10.4 Å². The Labute approximate surface area is 105 Å². The van der Waals surface area contributed by atoms with Crippen LogP contribution < -0.4 is 10.6 Å². The van der Waals surface area contributed by atoms with Gasteiger partial charge in [-0.1, -0.05) is 6.42 Å². The molecule has 3 N–H and O–H groups in total. The molecule has 1 fully saturated rings. The third kappa shape index (κ3) is 3.44. The molecule has 1 aromatic rings. The highest BCUT2D eigenvalue weighted by Crippen LogP contribution is 2.24. The van der Waals surface area contributed by atoms with Crippen LogP contribution in [-0.4, -0.2) is 23.8 Å². The van der Waals surface area contributed by atoms with Crippen LogP contribution in [-0.2, 0) is 0 Å². The van der Waals surface area contributed by atoms with Crippen LogP contribution in [0.1, 0.15) is 24.1 Å². The van der Waals surface area contributed by atoms with Crippen LogP contribution in [0.2, 0.25) is 0 Å². The van der Waals surface area contributed by atoms with E-state index < -0.39 is 0 Å². The molecule has 0 saturated heterocycles. The lowest BCUT2D eigenvalue weighted by atomic mass is 10.1. The molecule has 4 nitrogen and oxygen atoms in total. The van der Waals surface area contributed by atoms with Gasteiger partial charge in [0.1, 0.15) is 0 Å². The zero-order valence-corrected chi connectivity index (χ0v) is 10.7. The van der Waals surface area contributed by atoms with E-state index in [4.69, 9.17) is 0 Å². The Morgan fingerprint density at radius 2 is 2.35 bits per heavy atom. The van der Waals surface area contributed by atoms with E-state index in [2.05, 4.69) is 10.6 Å². The minimum atomic E-state index is -0.251. The molecule has 94 valence electrons. The molecule has 2 amide bonds. The van der Waals surface area contributed by atoms with E-state index in [1.165, 1.54) is 4.88 Å². The highest BCUT2D eigenvalue weighted by Gasteiger charge is 2.25. The first-order valence-corrected chi connectivity index (χ1v) is 6.76. The Morgan fingerprint density at radius 1 is 1.53 bits per heavy atom. The third-order valence-corrected chi connectivity index (χ3v) is 4.04. The lowest BCUT2D eigenvalue weighted by molar-refractivity contribution is 0.133. The monoisotopic (exact) mass is 254 g/mol. The zero-order chi connectivity index (χ0) is 12.3. The van der Waals surface area contributed by atoms with Crippen LogP contribution in [0.5, 0.6) is 0 Å². The van der Waals surface area contributed by atoms with Gasteiger partial charge in [-0.05, 0) is 31.9 Å². The molecule has 1 aromatic heterocycles. The molecule has 17 heavy (non-hydrogen) atoms. The maximum Gasteiger partial charge on any atom is 0.319 e. The molecular weight excluding hydrogens is 236 g/mol. The van der Waals surface area contributed by atoms with Crippen molar-refractivity contribution >= 4 is 22.4 Å². The maximum absolute atomic E-state index is 11.6. The first kappa shape index (κ1) is 12.4. The average molecular weight is 254 g/mol. The van der Waals surface area contributed by atoms with Gasteiger partial charge in [-0.3, -0.25) is 5.32 Å². The molecule has 5 heteroatoms. The summed E-state index contributed by atoms with van der Waals surface area (Å²) in [5, 5.41) is 16.1. The van der Waals surface area contributed by atoms with Crippen molar-refractivity contribution in [3.05, 3.63) is 17.0 Å². The van der Waals surface area contributed by atoms with Crippen molar-refractivity contribution in [2.75, 3.05) is 11.9 Å². The second kappa shape index (κ2) is 5.51. The molecule has 1 aliphatic carbocycles. The summed E-state index contributed by atoms with van der Waals surface area (Å²) in [4.78, 5) is 12.8. The van der Waals surface area contributed by atoms with Crippen molar-refractivity contribution in [2.24, 2.45) is 5.92 Å². The summed E-state index contributed by atoms with van der Waals surface area (Å²) in [5.41, 5.74) is 0. The van der Waals surface area contributed by atoms with E-state index in [1.54, 1.807) is 11.3 Å². The lowest BCUT2D eigenvalue weighted by Gasteiger charge is -2.15. The molecule has 1 aliphatic rings. The number of hydrogen-bond acceptors (Lipinski definition) is 3. The van der Waals surface area contributed by atoms with Crippen molar-refractivity contribution in [1.29, 1.82) is 0 Å². The molecule has 0 spiro atoms. The second-order valence-electron chi connectivity index (χ2n) is 4.50. The molecule has 2 atom stereocenters. The molecule has 2 unspecified atom stereocenters. The number of amides is 2. The predicted octanol–water partition coefficient (Wildman–Crippen LogP) is 2.34. The second-order valence-corrected chi connectivity index (χ2v) is 5.79. The van der Waals surface area contributed by atoms with Gasteiger partial charge in [-0.25, -0.2) is 4.79 Å². The summed E-state index contributed by atoms with van der Waals surface area (Å²) in [6, 6.07) is 3.68. The Morgan fingerprint density at radius 3 is 2.94 bits per heavy atom. The molecular formula is C12H18N2O2S. The topological polar surface area (TPSA) is 61.4 Å². The summed E-state index contributed by atoms with van der Waals surface area (Å²) in [6.45, 7) is 2.56. The van der Waals surface area contributed by atoms with Crippen molar-refractivity contribution in [2.45, 2.75) is 32.3 Å². The quantitative estimate of drug-likeness (QED) is 0.775. The van der Waals surface area contributed by atoms with Gasteiger partial charge in [0.05, 0.1) is 11.1 Å². The summed E-state index contributed by atoms with van der Waals surface area (Å²) >= 11 is 1.55. The van der Waals surface area contributed by atoms with Gasteiger partial charge in [0, 0.05) is 17.3 Å². The fraction of sp³-hybridized carbons (Fsp3) is 0.583. The molecule has 0 aromatic carbocycles. The van der Waals surface area contributed by atoms with Crippen molar-refractivity contribution in [3.63, 3.8) is 0 Å². The predicted molar refractivity (Wildman–Crippen MR) is 69.4 cm³/mol. The van der Waals surface area contributed by atoms with E-state index in [-0.39, 0.29) is 18.1 Å². The first-order valence-electron chi connectivity index (χ1n) is 5.94. The van der Waals surface area contributed by atoms with Crippen molar-refractivity contribution < 1.29 is 9.90 Å². The lowest BCUT2D eigenvalue weighted by Crippen LogP contribution is -2.35. The number of nitrogens with one attached hydrogen (secondary N) is 2. The summed E-state index contributed by atoms with van der Waals surface area (Å²) < 4.78 is 0. The highest BCUT2D eigenvalue weighted by atomic mass is 32.1. The maximum atomic E-state index is 11.6. The van der Waals surface area contributed by atoms with Gasteiger partial charge in [-0.2, -0.15) is 0 Å². The Balaban J connectivity index is 1.74. The number of aliphatic hydroxyl groups excluding tert-OH is 1. The van der Waals surface area contributed by atoms with Crippen LogP contribution in [0.15, 0.2) is 12.1 Å². The van der Waals surface area contributed by atoms with Gasteiger partial charge in [-0.15, -0.1) is 11.3 Å². The molecule has 1 saturated carbocycles. The van der Waals surface area contributed by atoms with Gasteiger partial charge in [0.2, 0.25) is 0 Å². The molecule has 2 rings (SSSR count). The average Bonchev–Trinajstić information content (AvgIpc) is 2.85. The zero-order valence-electron chi connectivity index (χ0n) is 9.90. The Hall–Kier alpha value is -1.07. The normalized spacial score (nSPS) is 23.6. The van der Waals surface area contributed by atoms with E-state index in [0.29, 0.717) is 6.54 Å². The summed E-state index contributed by atoms with van der Waals surface area (Å²) in [6.07, 6.45) is 2.66. The number of aryl methyl sites for hydroxylation is 1. The standard InChI is InChI=1S/C12H18N2O2S/c1-8-5-6-11(17-8)14-12(16)13-7-9-3-2-4-10(9)15/h5-6,9-10,15H,2-4,7H2,1H3,(H2,13,14,16). The molecule has 0 radical (unpaired) electrons. The first-order chi connectivity index (χ1) is 8.15. The number of rotatable bonds is 3. The molecule has 1 heterocycles. The van der Waals surface area contributed by atoms with Crippen molar-refractivity contribution in [1.82, 2.24) is 5.32 Å². The van der Waals surface area contributed by atoms with Gasteiger partial charge in [0.15, 0.2) is 0 Å². The number of carbonyl (C=O) groups excluding carboxylic acids is 1. The SMILES string of the molecule is Cc1ccc(NC(=O)NCC2CCCC2O)s1. The van der Waals surface area contributed by atoms with Crippen LogP contribution in [0.4, 0.5) is 9.80 Å². The van der Waals surface area contributed by atoms with E-state index >= 15 is 0 Å². The fourth-order valence-corrected chi connectivity index (χ4v) is 2.90. The van der Waals surface area contributed by atoms with E-state index in [9.17, 15) is 9.90 Å². The number of urea groups is 1. The molecule has 0 bridgehead atoms.